The second-order valence-electron chi connectivity index (χ2n) is 3.96. The van der Waals surface area contributed by atoms with Gasteiger partial charge in [0.25, 0.3) is 0 Å². The van der Waals surface area contributed by atoms with Gasteiger partial charge in [-0.15, -0.1) is 11.3 Å². The van der Waals surface area contributed by atoms with Crippen LogP contribution in [-0.2, 0) is 0 Å². The van der Waals surface area contributed by atoms with Gasteiger partial charge < -0.3 is 5.32 Å². The molecule has 0 aliphatic rings. The molecule has 0 fully saturated rings. The Bertz CT molecular complexity index is 540. The van der Waals surface area contributed by atoms with Gasteiger partial charge in [0.05, 0.1) is 11.7 Å². The van der Waals surface area contributed by atoms with Crippen LogP contribution in [0.25, 0.3) is 0 Å². The third-order valence-electron chi connectivity index (χ3n) is 2.56. The first-order valence-electron chi connectivity index (χ1n) is 5.72. The van der Waals surface area contributed by atoms with Crippen molar-refractivity contribution in [2.24, 2.45) is 0 Å². The lowest BCUT2D eigenvalue weighted by atomic mass is 10.1. The molecule has 5 heteroatoms. The molecule has 2 aromatic heterocycles. The van der Waals surface area contributed by atoms with Gasteiger partial charge in [-0.1, -0.05) is 6.92 Å². The second-order valence-corrected chi connectivity index (χ2v) is 7.05. The van der Waals surface area contributed by atoms with E-state index in [1.165, 1.54) is 9.75 Å². The van der Waals surface area contributed by atoms with Crippen LogP contribution in [0.4, 0.5) is 0 Å². The Kier molecular flexibility index (Phi) is 4.95. The molecule has 2 rings (SSSR count). The molecule has 2 nitrogen and oxygen atoms in total. The highest BCUT2D eigenvalue weighted by Gasteiger charge is 2.19. The minimum atomic E-state index is 0.149. The maximum atomic E-state index is 4.53. The van der Waals surface area contributed by atoms with Crippen LogP contribution < -0.4 is 5.32 Å². The van der Waals surface area contributed by atoms with E-state index in [2.05, 4.69) is 68.1 Å². The number of pyridine rings is 1. The molecule has 2 aromatic rings. The SMILES string of the molecule is CCNC(c1ccc(C)s1)c1ncc(Br)cc1Br. The Hall–Kier alpha value is -0.230. The van der Waals surface area contributed by atoms with E-state index in [9.17, 15) is 0 Å². The molecule has 18 heavy (non-hydrogen) atoms. The lowest BCUT2D eigenvalue weighted by Gasteiger charge is -2.17. The average molecular weight is 390 g/mol. The van der Waals surface area contributed by atoms with Gasteiger partial charge in [-0.25, -0.2) is 0 Å². The number of hydrogen-bond acceptors (Lipinski definition) is 3. The fourth-order valence-electron chi connectivity index (χ4n) is 1.78. The fraction of sp³-hybridized carbons (Fsp3) is 0.308. The van der Waals surface area contributed by atoms with Crippen LogP contribution in [0.2, 0.25) is 0 Å². The summed E-state index contributed by atoms with van der Waals surface area (Å²) in [7, 11) is 0. The normalized spacial score (nSPS) is 12.7. The highest BCUT2D eigenvalue weighted by molar-refractivity contribution is 9.11. The molecular weight excluding hydrogens is 376 g/mol. The largest absolute Gasteiger partial charge is 0.305 e. The molecule has 0 saturated carbocycles. The summed E-state index contributed by atoms with van der Waals surface area (Å²) in [5.74, 6) is 0. The lowest BCUT2D eigenvalue weighted by molar-refractivity contribution is 0.621. The number of thiophene rings is 1. The predicted molar refractivity (Wildman–Crippen MR) is 84.2 cm³/mol. The first-order valence-corrected chi connectivity index (χ1v) is 8.12. The molecule has 0 aliphatic carbocycles. The number of halogens is 2. The molecule has 1 atom stereocenters. The smallest absolute Gasteiger partial charge is 0.0856 e. The van der Waals surface area contributed by atoms with Crippen LogP contribution in [0.5, 0.6) is 0 Å². The summed E-state index contributed by atoms with van der Waals surface area (Å²) < 4.78 is 2.00. The summed E-state index contributed by atoms with van der Waals surface area (Å²) >= 11 is 8.84. The molecule has 0 bridgehead atoms. The zero-order valence-electron chi connectivity index (χ0n) is 10.2. The predicted octanol–water partition coefficient (Wildman–Crippen LogP) is 4.68. The third kappa shape index (κ3) is 3.20. The zero-order valence-corrected chi connectivity index (χ0v) is 14.2. The number of nitrogens with zero attached hydrogens (tertiary/aromatic N) is 1. The molecular formula is C13H14Br2N2S. The van der Waals surface area contributed by atoms with Crippen LogP contribution in [0.15, 0.2) is 33.3 Å². The van der Waals surface area contributed by atoms with Gasteiger partial charge in [0.15, 0.2) is 0 Å². The number of aromatic nitrogens is 1. The molecule has 0 aromatic carbocycles. The summed E-state index contributed by atoms with van der Waals surface area (Å²) in [4.78, 5) is 7.15. The van der Waals surface area contributed by atoms with E-state index in [1.54, 1.807) is 0 Å². The minimum absolute atomic E-state index is 0.149. The molecule has 0 amide bonds. The first-order chi connectivity index (χ1) is 8.61. The summed E-state index contributed by atoms with van der Waals surface area (Å²) in [6.07, 6.45) is 1.84. The third-order valence-corrected chi connectivity index (χ3v) is 4.70. The Morgan fingerprint density at radius 3 is 2.72 bits per heavy atom. The topological polar surface area (TPSA) is 24.9 Å². The summed E-state index contributed by atoms with van der Waals surface area (Å²) in [6, 6.07) is 6.50. The standard InChI is InChI=1S/C13H14Br2N2S/c1-3-16-13(11-5-4-8(2)18-11)12-10(15)6-9(14)7-17-12/h4-7,13,16H,3H2,1-2H3. The molecule has 96 valence electrons. The molecule has 0 spiro atoms. The second kappa shape index (κ2) is 6.28. The van der Waals surface area contributed by atoms with Crippen molar-refractivity contribution in [3.05, 3.63) is 48.8 Å². The molecule has 2 heterocycles. The Balaban J connectivity index is 2.41. The maximum absolute atomic E-state index is 4.53. The van der Waals surface area contributed by atoms with E-state index < -0.39 is 0 Å². The lowest BCUT2D eigenvalue weighted by Crippen LogP contribution is -2.22. The molecule has 0 aliphatic heterocycles. The minimum Gasteiger partial charge on any atom is -0.305 e. The van der Waals surface area contributed by atoms with Crippen LogP contribution in [0.3, 0.4) is 0 Å². The average Bonchev–Trinajstić information content (AvgIpc) is 2.73. The van der Waals surface area contributed by atoms with E-state index in [4.69, 9.17) is 0 Å². The van der Waals surface area contributed by atoms with Gasteiger partial charge in [0.2, 0.25) is 0 Å². The zero-order chi connectivity index (χ0) is 13.1. The van der Waals surface area contributed by atoms with Crippen molar-refractivity contribution in [3.8, 4) is 0 Å². The van der Waals surface area contributed by atoms with E-state index >= 15 is 0 Å². The first kappa shape index (κ1) is 14.2. The van der Waals surface area contributed by atoms with Gasteiger partial charge in [-0.05, 0) is 63.5 Å². The van der Waals surface area contributed by atoms with E-state index in [-0.39, 0.29) is 6.04 Å². The Morgan fingerprint density at radius 1 is 1.39 bits per heavy atom. The van der Waals surface area contributed by atoms with Crippen LogP contribution in [-0.4, -0.2) is 11.5 Å². The van der Waals surface area contributed by atoms with Crippen LogP contribution in [0.1, 0.15) is 28.4 Å². The van der Waals surface area contributed by atoms with Crippen molar-refractivity contribution in [2.75, 3.05) is 6.54 Å². The molecule has 1 unspecified atom stereocenters. The molecule has 1 N–H and O–H groups in total. The van der Waals surface area contributed by atoms with Gasteiger partial charge >= 0.3 is 0 Å². The number of hydrogen-bond donors (Lipinski definition) is 1. The maximum Gasteiger partial charge on any atom is 0.0856 e. The van der Waals surface area contributed by atoms with E-state index in [0.29, 0.717) is 0 Å². The summed E-state index contributed by atoms with van der Waals surface area (Å²) in [6.45, 7) is 5.15. The quantitative estimate of drug-likeness (QED) is 0.821. The Morgan fingerprint density at radius 2 is 2.17 bits per heavy atom. The van der Waals surface area contributed by atoms with Crippen LogP contribution in [0, 0.1) is 6.92 Å². The fourth-order valence-corrected chi connectivity index (χ4v) is 3.96. The molecule has 0 radical (unpaired) electrons. The van der Waals surface area contributed by atoms with Crippen molar-refractivity contribution >= 4 is 43.2 Å². The van der Waals surface area contributed by atoms with Crippen molar-refractivity contribution < 1.29 is 0 Å². The van der Waals surface area contributed by atoms with Crippen LogP contribution >= 0.6 is 43.2 Å². The summed E-state index contributed by atoms with van der Waals surface area (Å²) in [5, 5.41) is 3.49. The van der Waals surface area contributed by atoms with E-state index in [0.717, 1.165) is 21.2 Å². The monoisotopic (exact) mass is 388 g/mol. The van der Waals surface area contributed by atoms with Gasteiger partial charge in [0.1, 0.15) is 0 Å². The summed E-state index contributed by atoms with van der Waals surface area (Å²) in [5.41, 5.74) is 1.03. The van der Waals surface area contributed by atoms with Gasteiger partial charge in [-0.2, -0.15) is 0 Å². The number of rotatable bonds is 4. The Labute approximate surface area is 128 Å². The van der Waals surface area contributed by atoms with Crippen molar-refractivity contribution in [2.45, 2.75) is 19.9 Å². The van der Waals surface area contributed by atoms with Crippen molar-refractivity contribution in [1.82, 2.24) is 10.3 Å². The van der Waals surface area contributed by atoms with Crippen molar-refractivity contribution in [1.29, 1.82) is 0 Å². The number of nitrogens with one attached hydrogen (secondary N) is 1. The highest BCUT2D eigenvalue weighted by atomic mass is 79.9. The van der Waals surface area contributed by atoms with Crippen molar-refractivity contribution in [3.63, 3.8) is 0 Å². The number of aryl methyl sites for hydroxylation is 1. The molecule has 0 saturated heterocycles. The van der Waals surface area contributed by atoms with Gasteiger partial charge in [-0.3, -0.25) is 4.98 Å². The highest BCUT2D eigenvalue weighted by Crippen LogP contribution is 2.32. The van der Waals surface area contributed by atoms with E-state index in [1.807, 2.05) is 23.6 Å². The van der Waals surface area contributed by atoms with Gasteiger partial charge in [0, 0.05) is 24.9 Å².